The molecule has 0 aliphatic carbocycles. The third-order valence-corrected chi connectivity index (χ3v) is 4.26. The van der Waals surface area contributed by atoms with Gasteiger partial charge in [-0.25, -0.2) is 4.98 Å². The van der Waals surface area contributed by atoms with Crippen molar-refractivity contribution in [2.75, 3.05) is 5.32 Å². The van der Waals surface area contributed by atoms with Crippen LogP contribution in [-0.2, 0) is 11.3 Å². The van der Waals surface area contributed by atoms with Crippen LogP contribution in [0.3, 0.4) is 0 Å². The molecule has 25 heavy (non-hydrogen) atoms. The largest absolute Gasteiger partial charge is 0.330 e. The maximum absolute atomic E-state index is 12.1. The van der Waals surface area contributed by atoms with Crippen LogP contribution < -0.4 is 5.32 Å². The molecule has 0 saturated carbocycles. The van der Waals surface area contributed by atoms with E-state index in [0.29, 0.717) is 24.2 Å². The molecule has 5 nitrogen and oxygen atoms in total. The Morgan fingerprint density at radius 3 is 2.56 bits per heavy atom. The minimum atomic E-state index is -0.0832. The van der Waals surface area contributed by atoms with E-state index in [1.165, 1.54) is 0 Å². The molecule has 6 heteroatoms. The first kappa shape index (κ1) is 16.9. The van der Waals surface area contributed by atoms with Crippen molar-refractivity contribution in [3.8, 4) is 17.3 Å². The lowest BCUT2D eigenvalue weighted by Crippen LogP contribution is -2.14. The van der Waals surface area contributed by atoms with Crippen LogP contribution in [0.2, 0.25) is 0 Å². The van der Waals surface area contributed by atoms with E-state index in [2.05, 4.69) is 32.3 Å². The molecule has 0 spiro atoms. The second-order valence-corrected chi connectivity index (χ2v) is 6.38. The lowest BCUT2D eigenvalue weighted by Gasteiger charge is -2.09. The minimum absolute atomic E-state index is 0.0832. The van der Waals surface area contributed by atoms with Crippen LogP contribution in [-0.4, -0.2) is 15.5 Å². The van der Waals surface area contributed by atoms with Crippen LogP contribution in [0.1, 0.15) is 12.0 Å². The normalized spacial score (nSPS) is 10.2. The van der Waals surface area contributed by atoms with Crippen molar-refractivity contribution in [3.05, 3.63) is 71.1 Å². The van der Waals surface area contributed by atoms with Crippen LogP contribution >= 0.6 is 15.9 Å². The molecule has 0 atom stereocenters. The number of amides is 1. The highest BCUT2D eigenvalue weighted by atomic mass is 79.9. The standard InChI is InChI=1S/C19H15BrN4O/c20-16-5-3-15(4-6-16)18-12-22-13-24(18)10-9-19(25)23-17-7-1-14(11-21)2-8-17/h1-8,12-13H,9-10H2,(H,23,25). The average Bonchev–Trinajstić information content (AvgIpc) is 3.10. The summed E-state index contributed by atoms with van der Waals surface area (Å²) in [5.41, 5.74) is 3.27. The minimum Gasteiger partial charge on any atom is -0.330 e. The Kier molecular flexibility index (Phi) is 5.26. The molecule has 0 radical (unpaired) electrons. The van der Waals surface area contributed by atoms with Gasteiger partial charge >= 0.3 is 0 Å². The number of aromatic nitrogens is 2. The number of hydrogen-bond donors (Lipinski definition) is 1. The van der Waals surface area contributed by atoms with E-state index < -0.39 is 0 Å². The predicted octanol–water partition coefficient (Wildman–Crippen LogP) is 4.21. The Labute approximate surface area is 154 Å². The molecule has 2 aromatic carbocycles. The highest BCUT2D eigenvalue weighted by Crippen LogP contribution is 2.21. The molecule has 0 fully saturated rings. The number of carbonyl (C=O) groups excluding carboxylic acids is 1. The van der Waals surface area contributed by atoms with E-state index >= 15 is 0 Å². The zero-order valence-electron chi connectivity index (χ0n) is 13.3. The van der Waals surface area contributed by atoms with Crippen molar-refractivity contribution in [1.29, 1.82) is 5.26 Å². The number of benzene rings is 2. The van der Waals surface area contributed by atoms with Crippen molar-refractivity contribution >= 4 is 27.5 Å². The van der Waals surface area contributed by atoms with Crippen LogP contribution in [0, 0.1) is 11.3 Å². The van der Waals surface area contributed by atoms with Crippen molar-refractivity contribution in [2.24, 2.45) is 0 Å². The predicted molar refractivity (Wildman–Crippen MR) is 99.8 cm³/mol. The summed E-state index contributed by atoms with van der Waals surface area (Å²) >= 11 is 3.42. The molecule has 124 valence electrons. The zero-order valence-corrected chi connectivity index (χ0v) is 14.9. The van der Waals surface area contributed by atoms with Gasteiger partial charge in [0.25, 0.3) is 0 Å². The number of halogens is 1. The fraction of sp³-hybridized carbons (Fsp3) is 0.105. The number of nitriles is 1. The van der Waals surface area contributed by atoms with Gasteiger partial charge in [-0.2, -0.15) is 5.26 Å². The van der Waals surface area contributed by atoms with E-state index in [4.69, 9.17) is 5.26 Å². The second-order valence-electron chi connectivity index (χ2n) is 5.47. The Bertz CT molecular complexity index is 908. The van der Waals surface area contributed by atoms with Gasteiger partial charge in [0.15, 0.2) is 0 Å². The van der Waals surface area contributed by atoms with Crippen molar-refractivity contribution in [1.82, 2.24) is 9.55 Å². The number of imidazole rings is 1. The molecule has 1 heterocycles. The highest BCUT2D eigenvalue weighted by Gasteiger charge is 2.08. The van der Waals surface area contributed by atoms with Gasteiger partial charge in [0.05, 0.1) is 29.9 Å². The van der Waals surface area contributed by atoms with E-state index in [9.17, 15) is 4.79 Å². The second kappa shape index (κ2) is 7.77. The Hall–Kier alpha value is -2.91. The van der Waals surface area contributed by atoms with Gasteiger partial charge in [-0.3, -0.25) is 4.79 Å². The number of nitrogens with one attached hydrogen (secondary N) is 1. The molecule has 0 unspecified atom stereocenters. The third-order valence-electron chi connectivity index (χ3n) is 3.73. The van der Waals surface area contributed by atoms with Crippen LogP contribution in [0.4, 0.5) is 5.69 Å². The first-order valence-electron chi connectivity index (χ1n) is 7.72. The maximum Gasteiger partial charge on any atom is 0.226 e. The number of aryl methyl sites for hydroxylation is 1. The Morgan fingerprint density at radius 2 is 1.88 bits per heavy atom. The summed E-state index contributed by atoms with van der Waals surface area (Å²) in [4.78, 5) is 16.3. The monoisotopic (exact) mass is 394 g/mol. The molecule has 1 amide bonds. The van der Waals surface area contributed by atoms with Crippen molar-refractivity contribution < 1.29 is 4.79 Å². The molecule has 0 aliphatic rings. The van der Waals surface area contributed by atoms with Crippen LogP contribution in [0.5, 0.6) is 0 Å². The molecular formula is C19H15BrN4O. The lowest BCUT2D eigenvalue weighted by molar-refractivity contribution is -0.116. The van der Waals surface area contributed by atoms with Crippen LogP contribution in [0.25, 0.3) is 11.3 Å². The maximum atomic E-state index is 12.1. The summed E-state index contributed by atoms with van der Waals surface area (Å²) in [6, 6.07) is 16.8. The van der Waals surface area contributed by atoms with Gasteiger partial charge in [0.2, 0.25) is 5.91 Å². The first-order chi connectivity index (χ1) is 12.2. The molecule has 1 aromatic heterocycles. The molecule has 0 bridgehead atoms. The van der Waals surface area contributed by atoms with Gasteiger partial charge in [0.1, 0.15) is 0 Å². The van der Waals surface area contributed by atoms with Gasteiger partial charge in [-0.1, -0.05) is 28.1 Å². The number of carbonyl (C=O) groups is 1. The zero-order chi connectivity index (χ0) is 17.6. The summed E-state index contributed by atoms with van der Waals surface area (Å²) in [5.74, 6) is -0.0832. The fourth-order valence-electron chi connectivity index (χ4n) is 2.43. The van der Waals surface area contributed by atoms with Gasteiger partial charge in [0, 0.05) is 23.1 Å². The van der Waals surface area contributed by atoms with E-state index in [-0.39, 0.29) is 5.91 Å². The topological polar surface area (TPSA) is 70.7 Å². The number of hydrogen-bond acceptors (Lipinski definition) is 3. The first-order valence-corrected chi connectivity index (χ1v) is 8.51. The summed E-state index contributed by atoms with van der Waals surface area (Å²) < 4.78 is 2.98. The summed E-state index contributed by atoms with van der Waals surface area (Å²) in [6.45, 7) is 0.535. The van der Waals surface area contributed by atoms with Crippen LogP contribution in [0.15, 0.2) is 65.5 Å². The number of rotatable bonds is 5. The molecule has 3 aromatic rings. The van der Waals surface area contributed by atoms with Gasteiger partial charge in [-0.15, -0.1) is 0 Å². The number of anilines is 1. The Morgan fingerprint density at radius 1 is 1.16 bits per heavy atom. The SMILES string of the molecule is N#Cc1ccc(NC(=O)CCn2cncc2-c2ccc(Br)cc2)cc1. The van der Waals surface area contributed by atoms with E-state index in [1.54, 1.807) is 36.8 Å². The molecule has 0 saturated heterocycles. The van der Waals surface area contributed by atoms with E-state index in [1.807, 2.05) is 28.8 Å². The molecule has 1 N–H and O–H groups in total. The van der Waals surface area contributed by atoms with Gasteiger partial charge in [-0.05, 0) is 42.0 Å². The summed E-state index contributed by atoms with van der Waals surface area (Å²) in [6.07, 6.45) is 3.86. The summed E-state index contributed by atoms with van der Waals surface area (Å²) in [7, 11) is 0. The van der Waals surface area contributed by atoms with Gasteiger partial charge < -0.3 is 9.88 Å². The molecule has 0 aliphatic heterocycles. The number of nitrogens with zero attached hydrogens (tertiary/aromatic N) is 3. The lowest BCUT2D eigenvalue weighted by atomic mass is 10.1. The van der Waals surface area contributed by atoms with E-state index in [0.717, 1.165) is 15.7 Å². The average molecular weight is 395 g/mol. The molecule has 3 rings (SSSR count). The molecular weight excluding hydrogens is 380 g/mol. The van der Waals surface area contributed by atoms with Crippen molar-refractivity contribution in [3.63, 3.8) is 0 Å². The Balaban J connectivity index is 1.62. The fourth-order valence-corrected chi connectivity index (χ4v) is 2.70. The summed E-state index contributed by atoms with van der Waals surface area (Å²) in [5, 5.41) is 11.6. The van der Waals surface area contributed by atoms with Crippen molar-refractivity contribution in [2.45, 2.75) is 13.0 Å². The quantitative estimate of drug-likeness (QED) is 0.704. The third kappa shape index (κ3) is 4.34. The highest BCUT2D eigenvalue weighted by molar-refractivity contribution is 9.10. The smallest absolute Gasteiger partial charge is 0.226 e.